The van der Waals surface area contributed by atoms with Crippen LogP contribution in [0, 0.1) is 0 Å². The van der Waals surface area contributed by atoms with Gasteiger partial charge < -0.3 is 15.3 Å². The zero-order valence-corrected chi connectivity index (χ0v) is 10.7. The average molecular weight is 292 g/mol. The quantitative estimate of drug-likeness (QED) is 0.703. The number of nitrogens with zero attached hydrogens (tertiary/aromatic N) is 2. The lowest BCUT2D eigenvalue weighted by molar-refractivity contribution is -0.122. The molecule has 0 atom stereocenters. The molecule has 0 spiro atoms. The van der Waals surface area contributed by atoms with Crippen molar-refractivity contribution < 1.29 is 29.7 Å². The van der Waals surface area contributed by atoms with E-state index in [0.717, 1.165) is 0 Å². The van der Waals surface area contributed by atoms with E-state index in [0.29, 0.717) is 0 Å². The Hall–Kier alpha value is -3.29. The first-order chi connectivity index (χ1) is 10.0. The number of aromatic carboxylic acids is 2. The summed E-state index contributed by atoms with van der Waals surface area (Å²) in [5, 5.41) is 23.9. The van der Waals surface area contributed by atoms with Crippen LogP contribution in [0.15, 0.2) is 48.9 Å². The van der Waals surface area contributed by atoms with Crippen molar-refractivity contribution in [1.82, 2.24) is 9.97 Å². The third-order valence-electron chi connectivity index (χ3n) is 1.81. The predicted octanol–water partition coefficient (Wildman–Crippen LogP) is 1.26. The maximum absolute atomic E-state index is 10.4. The molecule has 0 aliphatic rings. The van der Waals surface area contributed by atoms with E-state index in [1.165, 1.54) is 18.3 Å². The van der Waals surface area contributed by atoms with Crippen molar-refractivity contribution in [3.63, 3.8) is 0 Å². The maximum Gasteiger partial charge on any atom is 0.355 e. The minimum atomic E-state index is -1.34. The van der Waals surface area contributed by atoms with Crippen LogP contribution in [0.5, 0.6) is 0 Å². The summed E-state index contributed by atoms with van der Waals surface area (Å²) in [7, 11) is 0. The van der Waals surface area contributed by atoms with Gasteiger partial charge in [-0.2, -0.15) is 0 Å². The molecule has 2 aromatic heterocycles. The van der Waals surface area contributed by atoms with Gasteiger partial charge in [0.2, 0.25) is 0 Å². The second-order valence-electron chi connectivity index (χ2n) is 3.14. The Morgan fingerprint density at radius 3 is 1.81 bits per heavy atom. The van der Waals surface area contributed by atoms with E-state index in [4.69, 9.17) is 20.1 Å². The molecule has 0 bridgehead atoms. The predicted molar refractivity (Wildman–Crippen MR) is 71.1 cm³/mol. The number of rotatable bonds is 2. The van der Waals surface area contributed by atoms with Gasteiger partial charge in [0.25, 0.3) is 6.47 Å². The van der Waals surface area contributed by atoms with Crippen molar-refractivity contribution in [3.05, 3.63) is 60.2 Å². The van der Waals surface area contributed by atoms with Crippen molar-refractivity contribution in [2.24, 2.45) is 0 Å². The fraction of sp³-hybridized carbons (Fsp3) is 0. The van der Waals surface area contributed by atoms with Gasteiger partial charge in [0.1, 0.15) is 0 Å². The van der Waals surface area contributed by atoms with Gasteiger partial charge in [0, 0.05) is 18.6 Å². The minimum absolute atomic E-state index is 0.250. The maximum atomic E-state index is 10.4. The van der Waals surface area contributed by atoms with Gasteiger partial charge in [-0.25, -0.2) is 14.6 Å². The number of pyridine rings is 2. The van der Waals surface area contributed by atoms with Gasteiger partial charge in [-0.1, -0.05) is 6.07 Å². The summed E-state index contributed by atoms with van der Waals surface area (Å²) in [6.45, 7) is -0.250. The van der Waals surface area contributed by atoms with Crippen LogP contribution in [-0.2, 0) is 4.79 Å². The lowest BCUT2D eigenvalue weighted by atomic mass is 10.2. The fourth-order valence-corrected chi connectivity index (χ4v) is 1.06. The third kappa shape index (κ3) is 7.67. The number of carbonyl (C=O) groups is 3. The van der Waals surface area contributed by atoms with Crippen molar-refractivity contribution in [2.75, 3.05) is 0 Å². The molecule has 0 unspecified atom stereocenters. The fourth-order valence-electron chi connectivity index (χ4n) is 1.06. The Balaban J connectivity index is 0.000000369. The average Bonchev–Trinajstić information content (AvgIpc) is 2.50. The van der Waals surface area contributed by atoms with Gasteiger partial charge in [-0.3, -0.25) is 9.78 Å². The molecule has 0 fully saturated rings. The van der Waals surface area contributed by atoms with Gasteiger partial charge >= 0.3 is 11.9 Å². The monoisotopic (exact) mass is 292 g/mol. The van der Waals surface area contributed by atoms with Crippen molar-refractivity contribution in [2.45, 2.75) is 0 Å². The summed E-state index contributed by atoms with van der Waals surface area (Å²) in [5.41, 5.74) is -0.741. The van der Waals surface area contributed by atoms with Gasteiger partial charge in [0.15, 0.2) is 5.69 Å². The first kappa shape index (κ1) is 17.7. The van der Waals surface area contributed by atoms with Crippen LogP contribution in [0.2, 0.25) is 0 Å². The second kappa shape index (κ2) is 10.6. The van der Waals surface area contributed by atoms with E-state index < -0.39 is 17.6 Å². The van der Waals surface area contributed by atoms with Gasteiger partial charge in [-0.15, -0.1) is 0 Å². The normalized spacial score (nSPS) is 8.19. The summed E-state index contributed by atoms with van der Waals surface area (Å²) >= 11 is 0. The summed E-state index contributed by atoms with van der Waals surface area (Å²) in [4.78, 5) is 36.4. The lowest BCUT2D eigenvalue weighted by Gasteiger charge is -1.97. The summed E-state index contributed by atoms with van der Waals surface area (Å²) < 4.78 is 0. The first-order valence-corrected chi connectivity index (χ1v) is 5.39. The molecule has 8 nitrogen and oxygen atoms in total. The Bertz CT molecular complexity index is 514. The molecule has 110 valence electrons. The van der Waals surface area contributed by atoms with Crippen LogP contribution >= 0.6 is 0 Å². The van der Waals surface area contributed by atoms with Crippen LogP contribution in [0.25, 0.3) is 0 Å². The van der Waals surface area contributed by atoms with Crippen molar-refractivity contribution in [3.8, 4) is 0 Å². The first-order valence-electron chi connectivity index (χ1n) is 5.39. The van der Waals surface area contributed by atoms with Gasteiger partial charge in [0.05, 0.1) is 5.56 Å². The van der Waals surface area contributed by atoms with E-state index in [9.17, 15) is 9.59 Å². The highest BCUT2D eigenvalue weighted by atomic mass is 16.4. The van der Waals surface area contributed by atoms with E-state index in [2.05, 4.69) is 9.97 Å². The Labute approximate surface area is 119 Å². The molecular formula is C13H12N2O6. The molecule has 2 rings (SSSR count). The molecule has 8 heteroatoms. The highest BCUT2D eigenvalue weighted by Gasteiger charge is 2.15. The van der Waals surface area contributed by atoms with Gasteiger partial charge in [-0.05, 0) is 24.3 Å². The van der Waals surface area contributed by atoms with E-state index in [-0.39, 0.29) is 12.0 Å². The second-order valence-corrected chi connectivity index (χ2v) is 3.14. The van der Waals surface area contributed by atoms with Crippen LogP contribution in [-0.4, -0.2) is 43.7 Å². The number of aromatic nitrogens is 2. The SMILES string of the molecule is O=C(O)c1cccnc1C(=O)O.O=CO.c1ccncc1. The summed E-state index contributed by atoms with van der Waals surface area (Å²) in [6.07, 6.45) is 4.73. The van der Waals surface area contributed by atoms with Crippen molar-refractivity contribution >= 4 is 18.4 Å². The Kier molecular flexibility index (Phi) is 8.95. The zero-order valence-electron chi connectivity index (χ0n) is 10.7. The summed E-state index contributed by atoms with van der Waals surface area (Å²) in [5.74, 6) is -2.63. The standard InChI is InChI=1S/C7H5NO4.C5H5N.CH2O2/c9-6(10)4-2-1-3-8-5(4)7(11)12;1-2-4-6-5-3-1;2-1-3/h1-3H,(H,9,10)(H,11,12);1-5H;1H,(H,2,3). The van der Waals surface area contributed by atoms with Crippen LogP contribution in [0.1, 0.15) is 20.8 Å². The smallest absolute Gasteiger partial charge is 0.355 e. The van der Waals surface area contributed by atoms with Crippen LogP contribution in [0.4, 0.5) is 0 Å². The molecule has 0 amide bonds. The number of hydrogen-bond donors (Lipinski definition) is 3. The van der Waals surface area contributed by atoms with Crippen LogP contribution in [0.3, 0.4) is 0 Å². The highest BCUT2D eigenvalue weighted by Crippen LogP contribution is 2.04. The molecule has 21 heavy (non-hydrogen) atoms. The molecule has 0 radical (unpaired) electrons. The molecule has 3 N–H and O–H groups in total. The largest absolute Gasteiger partial charge is 0.483 e. The van der Waals surface area contributed by atoms with Crippen molar-refractivity contribution in [1.29, 1.82) is 0 Å². The molecule has 0 saturated heterocycles. The minimum Gasteiger partial charge on any atom is -0.483 e. The van der Waals surface area contributed by atoms with E-state index in [1.54, 1.807) is 12.4 Å². The molecular weight excluding hydrogens is 280 g/mol. The summed E-state index contributed by atoms with van der Waals surface area (Å²) in [6, 6.07) is 8.28. The molecule has 2 aromatic rings. The molecule has 0 aliphatic heterocycles. The number of carboxylic acid groups (broad SMARTS) is 3. The zero-order chi connectivity index (χ0) is 16.1. The van der Waals surface area contributed by atoms with E-state index >= 15 is 0 Å². The topological polar surface area (TPSA) is 138 Å². The molecule has 0 aliphatic carbocycles. The third-order valence-corrected chi connectivity index (χ3v) is 1.81. The molecule has 0 aromatic carbocycles. The molecule has 2 heterocycles. The number of hydrogen-bond acceptors (Lipinski definition) is 5. The van der Waals surface area contributed by atoms with E-state index in [1.807, 2.05) is 18.2 Å². The highest BCUT2D eigenvalue weighted by molar-refractivity contribution is 5.99. The molecule has 0 saturated carbocycles. The Morgan fingerprint density at radius 2 is 1.52 bits per heavy atom. The van der Waals surface area contributed by atoms with Crippen LogP contribution < -0.4 is 0 Å². The lowest BCUT2D eigenvalue weighted by Crippen LogP contribution is -2.09. The Morgan fingerprint density at radius 1 is 0.952 bits per heavy atom. The number of carboxylic acids is 2.